The number of carbonyl (C=O) groups excluding carboxylic acids is 1. The van der Waals surface area contributed by atoms with Crippen molar-refractivity contribution in [1.82, 2.24) is 4.90 Å². The van der Waals surface area contributed by atoms with Crippen LogP contribution < -0.4 is 5.73 Å². The van der Waals surface area contributed by atoms with E-state index in [9.17, 15) is 4.79 Å². The van der Waals surface area contributed by atoms with E-state index < -0.39 is 0 Å². The van der Waals surface area contributed by atoms with Crippen LogP contribution in [0.15, 0.2) is 5.16 Å². The van der Waals surface area contributed by atoms with Gasteiger partial charge in [-0.1, -0.05) is 44.7 Å². The fourth-order valence-electron chi connectivity index (χ4n) is 1.97. The highest BCUT2D eigenvalue weighted by Gasteiger charge is 2.16. The molecular weight excluding hydrogens is 242 g/mol. The van der Waals surface area contributed by atoms with Crippen molar-refractivity contribution in [2.45, 2.75) is 59.3 Å². The lowest BCUT2D eigenvalue weighted by Crippen LogP contribution is -2.38. The zero-order valence-electron chi connectivity index (χ0n) is 12.6. The number of hydrogen-bond donors (Lipinski definition) is 2. The first-order valence-electron chi connectivity index (χ1n) is 7.31. The van der Waals surface area contributed by atoms with Gasteiger partial charge in [0, 0.05) is 25.4 Å². The van der Waals surface area contributed by atoms with Crippen molar-refractivity contribution in [3.05, 3.63) is 0 Å². The molecule has 0 aromatic heterocycles. The molecule has 0 aliphatic rings. The van der Waals surface area contributed by atoms with Crippen LogP contribution in [0.5, 0.6) is 0 Å². The molecule has 0 fully saturated rings. The van der Waals surface area contributed by atoms with E-state index in [1.807, 2.05) is 13.8 Å². The maximum absolute atomic E-state index is 12.0. The van der Waals surface area contributed by atoms with Crippen molar-refractivity contribution in [3.8, 4) is 0 Å². The Balaban J connectivity index is 4.04. The normalized spacial score (nSPS) is 13.3. The van der Waals surface area contributed by atoms with E-state index in [0.717, 1.165) is 12.8 Å². The number of amides is 1. The molecule has 0 aromatic rings. The van der Waals surface area contributed by atoms with Crippen molar-refractivity contribution in [3.63, 3.8) is 0 Å². The van der Waals surface area contributed by atoms with Crippen molar-refractivity contribution in [2.24, 2.45) is 16.8 Å². The minimum atomic E-state index is -0.117. The van der Waals surface area contributed by atoms with Crippen LogP contribution in [-0.2, 0) is 4.79 Å². The fourth-order valence-corrected chi connectivity index (χ4v) is 1.97. The van der Waals surface area contributed by atoms with E-state index in [2.05, 4.69) is 12.1 Å². The van der Waals surface area contributed by atoms with Gasteiger partial charge in [-0.2, -0.15) is 0 Å². The second kappa shape index (κ2) is 10.6. The molecular formula is C14H29N3O2. The Morgan fingerprint density at radius 1 is 1.26 bits per heavy atom. The SMILES string of the molecule is CCCCCCCC(=O)N(CC)CC(C)/C(N)=N/O. The molecule has 19 heavy (non-hydrogen) atoms. The first-order chi connectivity index (χ1) is 9.06. The van der Waals surface area contributed by atoms with E-state index in [1.54, 1.807) is 4.90 Å². The second-order valence-corrected chi connectivity index (χ2v) is 5.02. The molecule has 0 saturated heterocycles. The molecule has 3 N–H and O–H groups in total. The Morgan fingerprint density at radius 3 is 2.42 bits per heavy atom. The van der Waals surface area contributed by atoms with Crippen LogP contribution in [0.25, 0.3) is 0 Å². The summed E-state index contributed by atoms with van der Waals surface area (Å²) in [5.74, 6) is 0.222. The maximum Gasteiger partial charge on any atom is 0.222 e. The lowest BCUT2D eigenvalue weighted by Gasteiger charge is -2.24. The zero-order chi connectivity index (χ0) is 14.7. The Labute approximate surface area is 116 Å². The van der Waals surface area contributed by atoms with Gasteiger partial charge in [0.25, 0.3) is 0 Å². The number of oxime groups is 1. The van der Waals surface area contributed by atoms with Crippen molar-refractivity contribution in [1.29, 1.82) is 0 Å². The Morgan fingerprint density at radius 2 is 1.89 bits per heavy atom. The summed E-state index contributed by atoms with van der Waals surface area (Å²) >= 11 is 0. The average molecular weight is 271 g/mol. The number of rotatable bonds is 10. The quantitative estimate of drug-likeness (QED) is 0.211. The molecule has 0 radical (unpaired) electrons. The van der Waals surface area contributed by atoms with Crippen LogP contribution in [0.4, 0.5) is 0 Å². The molecule has 1 unspecified atom stereocenters. The molecule has 0 rings (SSSR count). The van der Waals surface area contributed by atoms with E-state index in [0.29, 0.717) is 19.5 Å². The van der Waals surface area contributed by atoms with E-state index >= 15 is 0 Å². The third-order valence-electron chi connectivity index (χ3n) is 3.34. The number of nitrogens with two attached hydrogens (primary N) is 1. The van der Waals surface area contributed by atoms with Crippen LogP contribution in [0.3, 0.4) is 0 Å². The van der Waals surface area contributed by atoms with Crippen molar-refractivity contribution in [2.75, 3.05) is 13.1 Å². The predicted molar refractivity (Wildman–Crippen MR) is 78.2 cm³/mol. The number of nitrogens with zero attached hydrogens (tertiary/aromatic N) is 2. The predicted octanol–water partition coefficient (Wildman–Crippen LogP) is 2.58. The highest BCUT2D eigenvalue weighted by atomic mass is 16.4. The molecule has 0 aliphatic carbocycles. The van der Waals surface area contributed by atoms with Gasteiger partial charge in [0.2, 0.25) is 5.91 Å². The van der Waals surface area contributed by atoms with Gasteiger partial charge in [-0.15, -0.1) is 0 Å². The summed E-state index contributed by atoms with van der Waals surface area (Å²) in [5.41, 5.74) is 5.54. The molecule has 0 bridgehead atoms. The third-order valence-corrected chi connectivity index (χ3v) is 3.34. The highest BCUT2D eigenvalue weighted by Crippen LogP contribution is 2.08. The van der Waals surface area contributed by atoms with Gasteiger partial charge in [-0.05, 0) is 13.3 Å². The highest BCUT2D eigenvalue weighted by molar-refractivity contribution is 5.83. The topological polar surface area (TPSA) is 78.9 Å². The first-order valence-corrected chi connectivity index (χ1v) is 7.31. The average Bonchev–Trinajstić information content (AvgIpc) is 2.42. The monoisotopic (exact) mass is 271 g/mol. The van der Waals surface area contributed by atoms with Gasteiger partial charge in [0.1, 0.15) is 5.84 Å². The third kappa shape index (κ3) is 7.70. The van der Waals surface area contributed by atoms with Gasteiger partial charge in [-0.25, -0.2) is 0 Å². The van der Waals surface area contributed by atoms with Crippen LogP contribution in [0, 0.1) is 5.92 Å². The molecule has 1 amide bonds. The second-order valence-electron chi connectivity index (χ2n) is 5.02. The largest absolute Gasteiger partial charge is 0.409 e. The Kier molecular flexibility index (Phi) is 9.94. The number of hydrogen-bond acceptors (Lipinski definition) is 3. The van der Waals surface area contributed by atoms with Gasteiger partial charge in [0.05, 0.1) is 0 Å². The minimum absolute atomic E-state index is 0.117. The number of carbonyl (C=O) groups is 1. The summed E-state index contributed by atoms with van der Waals surface area (Å²) in [5, 5.41) is 11.6. The van der Waals surface area contributed by atoms with Crippen LogP contribution in [-0.4, -0.2) is 34.9 Å². The summed E-state index contributed by atoms with van der Waals surface area (Å²) < 4.78 is 0. The summed E-state index contributed by atoms with van der Waals surface area (Å²) in [7, 11) is 0. The molecule has 0 heterocycles. The van der Waals surface area contributed by atoms with Crippen LogP contribution in [0.1, 0.15) is 59.3 Å². The van der Waals surface area contributed by atoms with Crippen LogP contribution >= 0.6 is 0 Å². The van der Waals surface area contributed by atoms with Gasteiger partial charge in [-0.3, -0.25) is 4.79 Å². The summed E-state index contributed by atoms with van der Waals surface area (Å²) in [6.45, 7) is 7.16. The fraction of sp³-hybridized carbons (Fsp3) is 0.857. The Hall–Kier alpha value is -1.26. The molecule has 0 saturated carbocycles. The molecule has 0 spiro atoms. The molecule has 0 aromatic carbocycles. The lowest BCUT2D eigenvalue weighted by atomic mass is 10.1. The summed E-state index contributed by atoms with van der Waals surface area (Å²) in [6, 6.07) is 0. The summed E-state index contributed by atoms with van der Waals surface area (Å²) in [6.07, 6.45) is 6.33. The molecule has 112 valence electrons. The molecule has 5 heteroatoms. The van der Waals surface area contributed by atoms with E-state index in [1.165, 1.54) is 19.3 Å². The number of unbranched alkanes of at least 4 members (excludes halogenated alkanes) is 4. The Bertz CT molecular complexity index is 280. The standard InChI is InChI=1S/C14H29N3O2/c1-4-6-7-8-9-10-13(18)17(5-2)11-12(3)14(15)16-19/h12,19H,4-11H2,1-3H3,(H2,15,16). The smallest absolute Gasteiger partial charge is 0.222 e. The van der Waals surface area contributed by atoms with Gasteiger partial charge >= 0.3 is 0 Å². The molecule has 0 aliphatic heterocycles. The maximum atomic E-state index is 12.0. The molecule has 5 nitrogen and oxygen atoms in total. The van der Waals surface area contributed by atoms with Crippen molar-refractivity contribution < 1.29 is 10.0 Å². The molecule has 1 atom stereocenters. The summed E-state index contributed by atoms with van der Waals surface area (Å²) in [4.78, 5) is 13.8. The number of amidine groups is 1. The van der Waals surface area contributed by atoms with Crippen molar-refractivity contribution >= 4 is 11.7 Å². The van der Waals surface area contributed by atoms with E-state index in [4.69, 9.17) is 10.9 Å². The van der Waals surface area contributed by atoms with Gasteiger partial charge in [0.15, 0.2) is 0 Å². The lowest BCUT2D eigenvalue weighted by molar-refractivity contribution is -0.131. The minimum Gasteiger partial charge on any atom is -0.409 e. The zero-order valence-corrected chi connectivity index (χ0v) is 12.6. The first kappa shape index (κ1) is 17.7. The van der Waals surface area contributed by atoms with Gasteiger partial charge < -0.3 is 15.8 Å². The van der Waals surface area contributed by atoms with E-state index in [-0.39, 0.29) is 17.7 Å². The van der Waals surface area contributed by atoms with Crippen LogP contribution in [0.2, 0.25) is 0 Å².